The molecule has 0 radical (unpaired) electrons. The molecule has 0 aliphatic carbocycles. The number of alkyl halides is 1. The zero-order valence-corrected chi connectivity index (χ0v) is 12.3. The fraction of sp³-hybridized carbons (Fsp3) is 0.500. The van der Waals surface area contributed by atoms with Gasteiger partial charge >= 0.3 is 0 Å². The van der Waals surface area contributed by atoms with E-state index in [1.54, 1.807) is 0 Å². The maximum Gasteiger partial charge on any atom is 0.225 e. The normalized spacial score (nSPS) is 13.2. The molecule has 1 atom stereocenters. The molecule has 1 aromatic carbocycles. The molecule has 0 bridgehead atoms. The third-order valence-corrected chi connectivity index (χ3v) is 3.95. The van der Waals surface area contributed by atoms with Crippen LogP contribution in [0.3, 0.4) is 0 Å². The number of hydrogen-bond donors (Lipinski definition) is 1. The maximum atomic E-state index is 11.9. The molecule has 1 rings (SSSR count). The first-order valence-electron chi connectivity index (χ1n) is 5.94. The lowest BCUT2D eigenvalue weighted by Gasteiger charge is -2.22. The topological polar surface area (TPSA) is 29.1 Å². The van der Waals surface area contributed by atoms with Crippen LogP contribution < -0.4 is 5.32 Å². The zero-order chi connectivity index (χ0) is 12.9. The van der Waals surface area contributed by atoms with Gasteiger partial charge in [-0.25, -0.2) is 0 Å². The van der Waals surface area contributed by atoms with Crippen LogP contribution in [-0.4, -0.2) is 12.5 Å². The molecule has 2 nitrogen and oxygen atoms in total. The van der Waals surface area contributed by atoms with Gasteiger partial charge < -0.3 is 5.32 Å². The summed E-state index contributed by atoms with van der Waals surface area (Å²) in [7, 11) is 0. The minimum Gasteiger partial charge on any atom is -0.354 e. The van der Waals surface area contributed by atoms with Crippen molar-refractivity contribution < 1.29 is 4.79 Å². The van der Waals surface area contributed by atoms with Crippen molar-refractivity contribution in [1.82, 2.24) is 5.32 Å². The summed E-state index contributed by atoms with van der Waals surface area (Å²) in [6.45, 7) is 6.58. The lowest BCUT2D eigenvalue weighted by molar-refractivity contribution is -0.129. The highest BCUT2D eigenvalue weighted by molar-refractivity contribution is 9.09. The highest BCUT2D eigenvalue weighted by Gasteiger charge is 2.25. The Balaban J connectivity index is 2.49. The van der Waals surface area contributed by atoms with E-state index < -0.39 is 0 Å². The van der Waals surface area contributed by atoms with Crippen molar-refractivity contribution in [3.8, 4) is 0 Å². The molecule has 94 valence electrons. The predicted octanol–water partition coefficient (Wildman–Crippen LogP) is 3.68. The number of amides is 1. The van der Waals surface area contributed by atoms with Crippen LogP contribution in [-0.2, 0) is 4.79 Å². The molecule has 1 aromatic rings. The zero-order valence-electron chi connectivity index (χ0n) is 10.7. The van der Waals surface area contributed by atoms with Crippen LogP contribution in [0.4, 0.5) is 0 Å². The first-order chi connectivity index (χ1) is 7.97. The number of halogens is 1. The SMILES string of the molecule is CCC(C)(C)C(=O)NCC(Br)c1ccccc1. The van der Waals surface area contributed by atoms with Gasteiger partial charge in [-0.1, -0.05) is 67.0 Å². The molecule has 17 heavy (non-hydrogen) atoms. The monoisotopic (exact) mass is 297 g/mol. The van der Waals surface area contributed by atoms with Crippen molar-refractivity contribution >= 4 is 21.8 Å². The van der Waals surface area contributed by atoms with E-state index >= 15 is 0 Å². The molecule has 0 heterocycles. The van der Waals surface area contributed by atoms with Gasteiger partial charge in [-0.3, -0.25) is 4.79 Å². The second-order valence-corrected chi connectivity index (χ2v) is 5.93. The van der Waals surface area contributed by atoms with Gasteiger partial charge in [0.25, 0.3) is 0 Å². The number of hydrogen-bond acceptors (Lipinski definition) is 1. The smallest absolute Gasteiger partial charge is 0.225 e. The van der Waals surface area contributed by atoms with Crippen molar-refractivity contribution in [3.63, 3.8) is 0 Å². The van der Waals surface area contributed by atoms with Gasteiger partial charge in [0.05, 0.1) is 4.83 Å². The number of benzene rings is 1. The highest BCUT2D eigenvalue weighted by Crippen LogP contribution is 2.23. The van der Waals surface area contributed by atoms with E-state index in [1.807, 2.05) is 39.0 Å². The molecule has 1 N–H and O–H groups in total. The first kappa shape index (κ1) is 14.2. The molecule has 0 saturated carbocycles. The van der Waals surface area contributed by atoms with Gasteiger partial charge in [-0.2, -0.15) is 0 Å². The van der Waals surface area contributed by atoms with E-state index in [9.17, 15) is 4.79 Å². The van der Waals surface area contributed by atoms with Gasteiger partial charge in [0.2, 0.25) is 5.91 Å². The summed E-state index contributed by atoms with van der Waals surface area (Å²) in [5, 5.41) is 2.99. The first-order valence-corrected chi connectivity index (χ1v) is 6.86. The van der Waals surface area contributed by atoms with Gasteiger partial charge in [0, 0.05) is 12.0 Å². The molecule has 3 heteroatoms. The molecule has 0 aliphatic heterocycles. The summed E-state index contributed by atoms with van der Waals surface area (Å²) in [6, 6.07) is 10.1. The summed E-state index contributed by atoms with van der Waals surface area (Å²) < 4.78 is 0. The van der Waals surface area contributed by atoms with Crippen molar-refractivity contribution in [2.24, 2.45) is 5.41 Å². The maximum absolute atomic E-state index is 11.9. The van der Waals surface area contributed by atoms with E-state index in [2.05, 4.69) is 33.4 Å². The molecule has 0 spiro atoms. The molecule has 1 amide bonds. The molecule has 0 fully saturated rings. The highest BCUT2D eigenvalue weighted by atomic mass is 79.9. The Morgan fingerprint density at radius 2 is 1.94 bits per heavy atom. The predicted molar refractivity (Wildman–Crippen MR) is 75.2 cm³/mol. The number of rotatable bonds is 5. The second kappa shape index (κ2) is 6.20. The van der Waals surface area contributed by atoms with Crippen LogP contribution >= 0.6 is 15.9 Å². The van der Waals surface area contributed by atoms with Crippen molar-refractivity contribution in [2.45, 2.75) is 32.0 Å². The van der Waals surface area contributed by atoms with E-state index in [0.717, 1.165) is 6.42 Å². The van der Waals surface area contributed by atoms with E-state index in [0.29, 0.717) is 6.54 Å². The van der Waals surface area contributed by atoms with Crippen LogP contribution in [0.15, 0.2) is 30.3 Å². The summed E-state index contributed by atoms with van der Waals surface area (Å²) in [6.07, 6.45) is 0.844. The minimum atomic E-state index is -0.288. The summed E-state index contributed by atoms with van der Waals surface area (Å²) in [4.78, 5) is 12.1. The van der Waals surface area contributed by atoms with Crippen LogP contribution in [0.5, 0.6) is 0 Å². The third kappa shape index (κ3) is 4.15. The molecule has 0 saturated heterocycles. The summed E-state index contributed by atoms with van der Waals surface area (Å²) in [5.74, 6) is 0.111. The van der Waals surface area contributed by atoms with Gasteiger partial charge in [-0.15, -0.1) is 0 Å². The Bertz CT molecular complexity index is 362. The molecular weight excluding hydrogens is 278 g/mol. The molecular formula is C14H20BrNO. The van der Waals surface area contributed by atoms with Gasteiger partial charge in [0.15, 0.2) is 0 Å². The van der Waals surface area contributed by atoms with Crippen molar-refractivity contribution in [2.75, 3.05) is 6.54 Å². The Labute approximate surface area is 112 Å². The fourth-order valence-electron chi connectivity index (χ4n) is 1.36. The minimum absolute atomic E-state index is 0.111. The number of nitrogens with one attached hydrogen (secondary N) is 1. The average molecular weight is 298 g/mol. The Morgan fingerprint density at radius 3 is 2.47 bits per heavy atom. The number of carbonyl (C=O) groups excluding carboxylic acids is 1. The van der Waals surface area contributed by atoms with Crippen LogP contribution in [0.2, 0.25) is 0 Å². The Kier molecular flexibility index (Phi) is 5.19. The third-order valence-electron chi connectivity index (χ3n) is 3.10. The summed E-state index contributed by atoms with van der Waals surface area (Å²) in [5.41, 5.74) is 0.894. The Hall–Kier alpha value is -0.830. The second-order valence-electron chi connectivity index (χ2n) is 4.83. The van der Waals surface area contributed by atoms with Crippen molar-refractivity contribution in [1.29, 1.82) is 0 Å². The summed E-state index contributed by atoms with van der Waals surface area (Å²) >= 11 is 3.59. The van der Waals surface area contributed by atoms with Crippen LogP contribution in [0, 0.1) is 5.41 Å². The van der Waals surface area contributed by atoms with Crippen molar-refractivity contribution in [3.05, 3.63) is 35.9 Å². The van der Waals surface area contributed by atoms with E-state index in [-0.39, 0.29) is 16.1 Å². The Morgan fingerprint density at radius 1 is 1.35 bits per heavy atom. The largest absolute Gasteiger partial charge is 0.354 e. The van der Waals surface area contributed by atoms with Crippen LogP contribution in [0.1, 0.15) is 37.6 Å². The lowest BCUT2D eigenvalue weighted by Crippen LogP contribution is -2.37. The van der Waals surface area contributed by atoms with Gasteiger partial charge in [-0.05, 0) is 12.0 Å². The van der Waals surface area contributed by atoms with Gasteiger partial charge in [0.1, 0.15) is 0 Å². The molecule has 0 aliphatic rings. The van der Waals surface area contributed by atoms with Crippen LogP contribution in [0.25, 0.3) is 0 Å². The molecule has 1 unspecified atom stereocenters. The quantitative estimate of drug-likeness (QED) is 0.826. The standard InChI is InChI=1S/C14H20BrNO/c1-4-14(2,3)13(17)16-10-12(15)11-8-6-5-7-9-11/h5-9,12H,4,10H2,1-3H3,(H,16,17). The number of carbonyl (C=O) groups is 1. The average Bonchev–Trinajstić information content (AvgIpc) is 2.36. The van der Waals surface area contributed by atoms with E-state index in [4.69, 9.17) is 0 Å². The molecule has 0 aromatic heterocycles. The fourth-order valence-corrected chi connectivity index (χ4v) is 1.83. The lowest BCUT2D eigenvalue weighted by atomic mass is 9.89. The van der Waals surface area contributed by atoms with E-state index in [1.165, 1.54) is 5.56 Å².